The SMILES string of the molecule is CCC1NNC(NC(=O)c2nc(C(C)C)ncc2Cl)C1C. The van der Waals surface area contributed by atoms with Gasteiger partial charge in [0, 0.05) is 17.9 Å². The molecule has 3 unspecified atom stereocenters. The molecular weight excluding hydrogens is 290 g/mol. The number of nitrogens with zero attached hydrogens (tertiary/aromatic N) is 2. The zero-order valence-electron chi connectivity index (χ0n) is 12.8. The van der Waals surface area contributed by atoms with Gasteiger partial charge in [-0.05, 0) is 6.42 Å². The minimum atomic E-state index is -0.285. The Kier molecular flexibility index (Phi) is 5.13. The van der Waals surface area contributed by atoms with Crippen LogP contribution in [0.3, 0.4) is 0 Å². The number of carbonyl (C=O) groups is 1. The van der Waals surface area contributed by atoms with Crippen LogP contribution in [-0.4, -0.2) is 28.1 Å². The second kappa shape index (κ2) is 6.68. The highest BCUT2D eigenvalue weighted by Crippen LogP contribution is 2.18. The van der Waals surface area contributed by atoms with Gasteiger partial charge in [-0.1, -0.05) is 39.3 Å². The van der Waals surface area contributed by atoms with Crippen molar-refractivity contribution < 1.29 is 4.79 Å². The molecule has 0 radical (unpaired) electrons. The molecule has 3 atom stereocenters. The number of hydrogen-bond donors (Lipinski definition) is 3. The lowest BCUT2D eigenvalue weighted by molar-refractivity contribution is 0.0917. The molecule has 0 aromatic carbocycles. The van der Waals surface area contributed by atoms with Crippen molar-refractivity contribution in [2.24, 2.45) is 5.92 Å². The van der Waals surface area contributed by atoms with Crippen LogP contribution in [-0.2, 0) is 0 Å². The normalized spacial score (nSPS) is 25.3. The van der Waals surface area contributed by atoms with Crippen molar-refractivity contribution in [3.8, 4) is 0 Å². The fraction of sp³-hybridized carbons (Fsp3) is 0.643. The third kappa shape index (κ3) is 3.51. The molecule has 1 saturated heterocycles. The Morgan fingerprint density at radius 3 is 2.76 bits per heavy atom. The number of halogens is 1. The molecule has 2 heterocycles. The van der Waals surface area contributed by atoms with E-state index >= 15 is 0 Å². The molecule has 0 bridgehead atoms. The number of aromatic nitrogens is 2. The van der Waals surface area contributed by atoms with E-state index in [1.54, 1.807) is 0 Å². The number of hydrazine groups is 1. The predicted molar refractivity (Wildman–Crippen MR) is 81.9 cm³/mol. The Bertz CT molecular complexity index is 522. The quantitative estimate of drug-likeness (QED) is 0.790. The number of hydrogen-bond acceptors (Lipinski definition) is 5. The summed E-state index contributed by atoms with van der Waals surface area (Å²) < 4.78 is 0. The van der Waals surface area contributed by atoms with E-state index in [4.69, 9.17) is 11.6 Å². The van der Waals surface area contributed by atoms with E-state index in [-0.39, 0.29) is 34.6 Å². The van der Waals surface area contributed by atoms with Crippen molar-refractivity contribution in [3.63, 3.8) is 0 Å². The maximum absolute atomic E-state index is 12.4. The lowest BCUT2D eigenvalue weighted by Crippen LogP contribution is -2.46. The van der Waals surface area contributed by atoms with Crippen molar-refractivity contribution in [2.75, 3.05) is 0 Å². The van der Waals surface area contributed by atoms with Crippen LogP contribution in [0, 0.1) is 5.92 Å². The van der Waals surface area contributed by atoms with Gasteiger partial charge in [0.25, 0.3) is 5.91 Å². The van der Waals surface area contributed by atoms with E-state index in [1.807, 2.05) is 13.8 Å². The molecule has 1 aliphatic heterocycles. The van der Waals surface area contributed by atoms with Gasteiger partial charge in [0.1, 0.15) is 5.82 Å². The summed E-state index contributed by atoms with van der Waals surface area (Å²) in [5.41, 5.74) is 6.50. The van der Waals surface area contributed by atoms with Crippen molar-refractivity contribution in [1.82, 2.24) is 26.1 Å². The average molecular weight is 312 g/mol. The zero-order chi connectivity index (χ0) is 15.6. The fourth-order valence-electron chi connectivity index (χ4n) is 2.36. The molecule has 3 N–H and O–H groups in total. The summed E-state index contributed by atoms with van der Waals surface area (Å²) in [6, 6.07) is 0.336. The molecule has 1 aromatic heterocycles. The van der Waals surface area contributed by atoms with Gasteiger partial charge in [-0.15, -0.1) is 0 Å². The van der Waals surface area contributed by atoms with Crippen LogP contribution in [0.1, 0.15) is 56.3 Å². The van der Waals surface area contributed by atoms with Gasteiger partial charge in [-0.2, -0.15) is 0 Å². The molecule has 7 heteroatoms. The minimum Gasteiger partial charge on any atom is -0.334 e. The summed E-state index contributed by atoms with van der Waals surface area (Å²) in [7, 11) is 0. The van der Waals surface area contributed by atoms with Crippen LogP contribution < -0.4 is 16.2 Å². The first-order valence-electron chi connectivity index (χ1n) is 7.28. The molecule has 1 aromatic rings. The van der Waals surface area contributed by atoms with Gasteiger partial charge in [0.2, 0.25) is 0 Å². The van der Waals surface area contributed by atoms with E-state index in [2.05, 4.69) is 40.0 Å². The zero-order valence-corrected chi connectivity index (χ0v) is 13.5. The monoisotopic (exact) mass is 311 g/mol. The first kappa shape index (κ1) is 16.1. The standard InChI is InChI=1S/C14H22ClN5O/c1-5-10-8(4)13(20-19-10)18-14(21)11-9(15)6-16-12(17-11)7(2)3/h6-8,10,13,19-20H,5H2,1-4H3,(H,18,21). The van der Waals surface area contributed by atoms with Crippen LogP contribution in [0.5, 0.6) is 0 Å². The first-order chi connectivity index (χ1) is 9.93. The molecule has 6 nitrogen and oxygen atoms in total. The van der Waals surface area contributed by atoms with Crippen molar-refractivity contribution in [1.29, 1.82) is 0 Å². The van der Waals surface area contributed by atoms with Crippen molar-refractivity contribution >= 4 is 17.5 Å². The highest BCUT2D eigenvalue weighted by Gasteiger charge is 2.32. The third-order valence-electron chi connectivity index (χ3n) is 3.81. The molecule has 0 aliphatic carbocycles. The summed E-state index contributed by atoms with van der Waals surface area (Å²) >= 11 is 6.05. The topological polar surface area (TPSA) is 78.9 Å². The molecule has 1 amide bonds. The van der Waals surface area contributed by atoms with Gasteiger partial charge in [0.15, 0.2) is 5.69 Å². The molecule has 0 saturated carbocycles. The van der Waals surface area contributed by atoms with Crippen LogP contribution >= 0.6 is 11.6 Å². The van der Waals surface area contributed by atoms with Gasteiger partial charge >= 0.3 is 0 Å². The number of amides is 1. The number of rotatable bonds is 4. The molecule has 1 fully saturated rings. The lowest BCUT2D eigenvalue weighted by atomic mass is 9.99. The molecule has 116 valence electrons. The minimum absolute atomic E-state index is 0.142. The maximum Gasteiger partial charge on any atom is 0.272 e. The van der Waals surface area contributed by atoms with Gasteiger partial charge in [-0.25, -0.2) is 15.4 Å². The Balaban J connectivity index is 2.12. The fourth-order valence-corrected chi connectivity index (χ4v) is 2.54. The molecule has 0 spiro atoms. The Morgan fingerprint density at radius 1 is 1.48 bits per heavy atom. The van der Waals surface area contributed by atoms with E-state index in [0.717, 1.165) is 6.42 Å². The molecule has 2 rings (SSSR count). The Labute approximate surface area is 130 Å². The van der Waals surface area contributed by atoms with Crippen molar-refractivity contribution in [2.45, 2.75) is 52.2 Å². The summed E-state index contributed by atoms with van der Waals surface area (Å²) in [4.78, 5) is 20.8. The Morgan fingerprint density at radius 2 is 2.19 bits per heavy atom. The van der Waals surface area contributed by atoms with Gasteiger partial charge in [0.05, 0.1) is 17.4 Å². The lowest BCUT2D eigenvalue weighted by Gasteiger charge is -2.19. The molecular formula is C14H22ClN5O. The second-order valence-electron chi connectivity index (χ2n) is 5.69. The van der Waals surface area contributed by atoms with Gasteiger partial charge < -0.3 is 5.32 Å². The predicted octanol–water partition coefficient (Wildman–Crippen LogP) is 1.83. The smallest absolute Gasteiger partial charge is 0.272 e. The molecule has 21 heavy (non-hydrogen) atoms. The van der Waals surface area contributed by atoms with E-state index in [0.29, 0.717) is 11.9 Å². The maximum atomic E-state index is 12.4. The van der Waals surface area contributed by atoms with Crippen LogP contribution in [0.15, 0.2) is 6.20 Å². The highest BCUT2D eigenvalue weighted by molar-refractivity contribution is 6.33. The molecule has 1 aliphatic rings. The van der Waals surface area contributed by atoms with E-state index in [9.17, 15) is 4.79 Å². The van der Waals surface area contributed by atoms with E-state index < -0.39 is 0 Å². The van der Waals surface area contributed by atoms with Crippen LogP contribution in [0.2, 0.25) is 5.02 Å². The third-order valence-corrected chi connectivity index (χ3v) is 4.08. The van der Waals surface area contributed by atoms with E-state index in [1.165, 1.54) is 6.20 Å². The van der Waals surface area contributed by atoms with Crippen molar-refractivity contribution in [3.05, 3.63) is 22.7 Å². The number of carbonyl (C=O) groups excluding carboxylic acids is 1. The highest BCUT2D eigenvalue weighted by atomic mass is 35.5. The van der Waals surface area contributed by atoms with Crippen LogP contribution in [0.25, 0.3) is 0 Å². The Hall–Kier alpha value is -1.24. The average Bonchev–Trinajstić information content (AvgIpc) is 2.79. The summed E-state index contributed by atoms with van der Waals surface area (Å²) in [6.45, 7) is 8.14. The summed E-state index contributed by atoms with van der Waals surface area (Å²) in [6.07, 6.45) is 2.33. The second-order valence-corrected chi connectivity index (χ2v) is 6.10. The number of nitrogens with one attached hydrogen (secondary N) is 3. The largest absolute Gasteiger partial charge is 0.334 e. The van der Waals surface area contributed by atoms with Gasteiger partial charge in [-0.3, -0.25) is 10.2 Å². The summed E-state index contributed by atoms with van der Waals surface area (Å²) in [5, 5.41) is 3.20. The summed E-state index contributed by atoms with van der Waals surface area (Å²) in [5.74, 6) is 0.751. The first-order valence-corrected chi connectivity index (χ1v) is 7.66. The van der Waals surface area contributed by atoms with Crippen LogP contribution in [0.4, 0.5) is 0 Å².